The van der Waals surface area contributed by atoms with Gasteiger partial charge in [-0.25, -0.2) is 0 Å². The summed E-state index contributed by atoms with van der Waals surface area (Å²) in [5.74, 6) is 0. The Balaban J connectivity index is 0.000000360. The van der Waals surface area contributed by atoms with Crippen LogP contribution in [0.4, 0.5) is 0 Å². The molecule has 1 aliphatic heterocycles. The fourth-order valence-corrected chi connectivity index (χ4v) is 0.678. The highest BCUT2D eigenvalue weighted by molar-refractivity contribution is 4.39. The molecular weight excluding hydrogens is 156 g/mol. The van der Waals surface area contributed by atoms with Crippen LogP contribution in [0.15, 0.2) is 0 Å². The first-order valence-electron chi connectivity index (χ1n) is 2.55. The fourth-order valence-electron chi connectivity index (χ4n) is 0.678. The molecule has 44 valence electrons. The van der Waals surface area contributed by atoms with Crippen LogP contribution in [-0.4, -0.2) is 13.1 Å². The van der Waals surface area contributed by atoms with E-state index in [1.165, 1.54) is 25.9 Å². The Bertz CT molecular complexity index is 25.2. The standard InChI is InChI=1S/C4H10N2.BrH/c1-2-4-6-5-3-1;/h5-6H,1-4H2;1H. The van der Waals surface area contributed by atoms with Crippen LogP contribution in [0.5, 0.6) is 0 Å². The van der Waals surface area contributed by atoms with Crippen molar-refractivity contribution in [1.29, 1.82) is 0 Å². The van der Waals surface area contributed by atoms with Crippen molar-refractivity contribution < 1.29 is 22.4 Å². The second-order valence-corrected chi connectivity index (χ2v) is 1.65. The average Bonchev–Trinajstić information content (AvgIpc) is 1.72. The highest BCUT2D eigenvalue weighted by atomic mass is 79.9. The van der Waals surface area contributed by atoms with E-state index in [2.05, 4.69) is 10.9 Å². The predicted octanol–water partition coefficient (Wildman–Crippen LogP) is -4.15. The monoisotopic (exact) mass is 166 g/mol. The van der Waals surface area contributed by atoms with E-state index < -0.39 is 0 Å². The lowest BCUT2D eigenvalue weighted by Gasteiger charge is -2.07. The maximum atomic E-state index is 3.16. The number of halogens is 1. The van der Waals surface area contributed by atoms with Gasteiger partial charge in [0.25, 0.3) is 0 Å². The summed E-state index contributed by atoms with van der Waals surface area (Å²) in [6.07, 6.45) is 2.74. The lowest BCUT2D eigenvalue weighted by atomic mass is 10.3. The first kappa shape index (κ1) is 7.40. The van der Waals surface area contributed by atoms with Gasteiger partial charge in [0.2, 0.25) is 0 Å². The topological polar surface area (TPSA) is 28.6 Å². The molecule has 2 nitrogen and oxygen atoms in total. The molecule has 0 bridgehead atoms. The minimum Gasteiger partial charge on any atom is -1.00 e. The highest BCUT2D eigenvalue weighted by Gasteiger charge is 1.96. The second-order valence-electron chi connectivity index (χ2n) is 1.65. The van der Waals surface area contributed by atoms with Crippen molar-refractivity contribution in [2.24, 2.45) is 0 Å². The average molecular weight is 167 g/mol. The minimum absolute atomic E-state index is 0. The van der Waals surface area contributed by atoms with Crippen molar-refractivity contribution in [3.63, 3.8) is 0 Å². The molecule has 1 fully saturated rings. The molecule has 0 unspecified atom stereocenters. The number of hydrogen-bond acceptors (Lipinski definition) is 1. The molecule has 0 amide bonds. The van der Waals surface area contributed by atoms with Gasteiger partial charge in [0, 0.05) is 6.54 Å². The summed E-state index contributed by atoms with van der Waals surface area (Å²) in [4.78, 5) is 0. The van der Waals surface area contributed by atoms with Crippen LogP contribution < -0.4 is 27.8 Å². The van der Waals surface area contributed by atoms with Crippen LogP contribution in [0, 0.1) is 0 Å². The van der Waals surface area contributed by atoms with Crippen molar-refractivity contribution in [2.45, 2.75) is 12.8 Å². The Labute approximate surface area is 54.4 Å². The predicted molar refractivity (Wildman–Crippen MR) is 24.0 cm³/mol. The van der Waals surface area contributed by atoms with Gasteiger partial charge in [-0.15, -0.1) is 0 Å². The van der Waals surface area contributed by atoms with Gasteiger partial charge < -0.3 is 17.0 Å². The molecule has 1 aliphatic rings. The molecule has 0 aromatic rings. The van der Waals surface area contributed by atoms with Crippen molar-refractivity contribution in [1.82, 2.24) is 5.43 Å². The smallest absolute Gasteiger partial charge is 0.0930 e. The third-order valence-corrected chi connectivity index (χ3v) is 1.06. The van der Waals surface area contributed by atoms with Gasteiger partial charge >= 0.3 is 0 Å². The van der Waals surface area contributed by atoms with E-state index in [1.807, 2.05) is 0 Å². The second kappa shape index (κ2) is 4.56. The molecule has 0 aromatic heterocycles. The maximum absolute atomic E-state index is 3.16. The molecule has 0 saturated carbocycles. The van der Waals surface area contributed by atoms with E-state index in [1.54, 1.807) is 0 Å². The molecule has 0 aromatic carbocycles. The molecule has 0 atom stereocenters. The van der Waals surface area contributed by atoms with Gasteiger partial charge in [-0.1, -0.05) is 0 Å². The summed E-state index contributed by atoms with van der Waals surface area (Å²) in [7, 11) is 0. The van der Waals surface area contributed by atoms with Crippen LogP contribution in [0.3, 0.4) is 0 Å². The van der Waals surface area contributed by atoms with Gasteiger partial charge in [-0.3, -0.25) is 5.43 Å². The van der Waals surface area contributed by atoms with Crippen LogP contribution in [0.1, 0.15) is 12.8 Å². The van der Waals surface area contributed by atoms with Gasteiger partial charge in [-0.2, -0.15) is 5.43 Å². The normalized spacial score (nSPS) is 20.6. The van der Waals surface area contributed by atoms with Crippen molar-refractivity contribution >= 4 is 0 Å². The molecule has 0 spiro atoms. The lowest BCUT2D eigenvalue weighted by molar-refractivity contribution is -0.717. The summed E-state index contributed by atoms with van der Waals surface area (Å²) >= 11 is 0. The largest absolute Gasteiger partial charge is 1.00 e. The number of nitrogens with one attached hydrogen (secondary N) is 1. The third kappa shape index (κ3) is 3.02. The van der Waals surface area contributed by atoms with Gasteiger partial charge in [0.15, 0.2) is 0 Å². The number of rotatable bonds is 0. The van der Waals surface area contributed by atoms with Crippen LogP contribution in [0.25, 0.3) is 0 Å². The zero-order chi connectivity index (χ0) is 4.24. The highest BCUT2D eigenvalue weighted by Crippen LogP contribution is 1.81. The Morgan fingerprint density at radius 2 is 2.14 bits per heavy atom. The number of hydrogen-bond donors (Lipinski definition) is 2. The molecule has 1 rings (SSSR count). The van der Waals surface area contributed by atoms with Crippen LogP contribution >= 0.6 is 0 Å². The van der Waals surface area contributed by atoms with E-state index in [-0.39, 0.29) is 17.0 Å². The fraction of sp³-hybridized carbons (Fsp3) is 1.00. The van der Waals surface area contributed by atoms with Gasteiger partial charge in [-0.05, 0) is 12.8 Å². The van der Waals surface area contributed by atoms with Crippen molar-refractivity contribution in [2.75, 3.05) is 13.1 Å². The zero-order valence-electron chi connectivity index (χ0n) is 4.28. The molecule has 1 heterocycles. The summed E-state index contributed by atoms with van der Waals surface area (Å²) in [6.45, 7) is 2.46. The molecule has 3 heteroatoms. The minimum atomic E-state index is 0. The molecular formula is C4H11BrN2. The lowest BCUT2D eigenvalue weighted by Crippen LogP contribution is -3.00. The first-order valence-corrected chi connectivity index (χ1v) is 2.55. The van der Waals surface area contributed by atoms with Crippen molar-refractivity contribution in [3.8, 4) is 0 Å². The van der Waals surface area contributed by atoms with Crippen molar-refractivity contribution in [3.05, 3.63) is 0 Å². The molecule has 1 saturated heterocycles. The van der Waals surface area contributed by atoms with E-state index in [0.717, 1.165) is 0 Å². The Hall–Kier alpha value is 0.400. The van der Waals surface area contributed by atoms with E-state index >= 15 is 0 Å². The van der Waals surface area contributed by atoms with Crippen LogP contribution in [-0.2, 0) is 0 Å². The summed E-state index contributed by atoms with van der Waals surface area (Å²) < 4.78 is 0. The SMILES string of the molecule is C1CC[NH2+]NC1.[Br-]. The van der Waals surface area contributed by atoms with E-state index in [0.29, 0.717) is 0 Å². The summed E-state index contributed by atoms with van der Waals surface area (Å²) in [5, 5.41) is 0. The van der Waals surface area contributed by atoms with Gasteiger partial charge in [0.05, 0.1) is 6.54 Å². The maximum Gasteiger partial charge on any atom is 0.0930 e. The molecule has 0 aliphatic carbocycles. The van der Waals surface area contributed by atoms with E-state index in [9.17, 15) is 0 Å². The molecule has 7 heavy (non-hydrogen) atoms. The molecule has 0 radical (unpaired) electrons. The van der Waals surface area contributed by atoms with Crippen LogP contribution in [0.2, 0.25) is 0 Å². The number of quaternary nitrogens is 1. The van der Waals surface area contributed by atoms with Gasteiger partial charge in [0.1, 0.15) is 0 Å². The number of nitrogens with two attached hydrogens (primary N) is 1. The Morgan fingerprint density at radius 1 is 1.29 bits per heavy atom. The Morgan fingerprint density at radius 3 is 2.29 bits per heavy atom. The Kier molecular flexibility index (Phi) is 4.82. The molecule has 3 N–H and O–H groups in total. The summed E-state index contributed by atoms with van der Waals surface area (Å²) in [6, 6.07) is 0. The summed E-state index contributed by atoms with van der Waals surface area (Å²) in [5.41, 5.74) is 5.30. The zero-order valence-corrected chi connectivity index (χ0v) is 5.87. The quantitative estimate of drug-likeness (QED) is 0.352. The first-order chi connectivity index (χ1) is 3.00. The van der Waals surface area contributed by atoms with E-state index in [4.69, 9.17) is 0 Å². The third-order valence-electron chi connectivity index (χ3n) is 1.06.